The molecule has 0 fully saturated rings. The Balaban J connectivity index is 1.03. The third-order valence-electron chi connectivity index (χ3n) is 12.4. The lowest BCUT2D eigenvalue weighted by Gasteiger charge is -2.15. The lowest BCUT2D eigenvalue weighted by atomic mass is 9.96. The predicted molar refractivity (Wildman–Crippen MR) is 250 cm³/mol. The molecule has 12 aromatic rings. The number of rotatable bonds is 4. The molecule has 0 spiro atoms. The van der Waals surface area contributed by atoms with Crippen LogP contribution in [0.2, 0.25) is 0 Å². The highest BCUT2D eigenvalue weighted by atomic mass is 16.5. The van der Waals surface area contributed by atoms with Gasteiger partial charge < -0.3 is 4.74 Å². The van der Waals surface area contributed by atoms with E-state index in [4.69, 9.17) is 24.7 Å². The topological polar surface area (TPSA) is 69.6 Å². The Morgan fingerprint density at radius 3 is 1.16 bits per heavy atom. The van der Waals surface area contributed by atoms with Crippen LogP contribution in [0.15, 0.2) is 133 Å². The normalized spacial score (nSPS) is 12.1. The first-order valence-electron chi connectivity index (χ1n) is 20.8. The maximum absolute atomic E-state index is 6.79. The average Bonchev–Trinajstić information content (AvgIpc) is 3.83. The molecule has 61 heavy (non-hydrogen) atoms. The van der Waals surface area contributed by atoms with E-state index >= 15 is 0 Å². The molecule has 0 aliphatic rings. The van der Waals surface area contributed by atoms with Crippen LogP contribution in [0.4, 0.5) is 0 Å². The highest BCUT2D eigenvalue weighted by molar-refractivity contribution is 6.15. The summed E-state index contributed by atoms with van der Waals surface area (Å²) < 4.78 is 11.2. The molecular weight excluding hydrogens is 749 g/mol. The van der Waals surface area contributed by atoms with Gasteiger partial charge in [0.2, 0.25) is 0 Å². The Labute approximate surface area is 351 Å². The van der Waals surface area contributed by atoms with Crippen LogP contribution >= 0.6 is 0 Å². The van der Waals surface area contributed by atoms with Gasteiger partial charge in [-0.1, -0.05) is 59.7 Å². The second kappa shape index (κ2) is 12.9. The number of para-hydroxylation sites is 4. The molecule has 292 valence electrons. The number of fused-ring (bicyclic) bond motifs is 16. The molecule has 0 amide bonds. The summed E-state index contributed by atoms with van der Waals surface area (Å²) in [6, 6.07) is 46.9. The van der Waals surface area contributed by atoms with Crippen LogP contribution in [0.25, 0.3) is 99.5 Å². The fourth-order valence-electron chi connectivity index (χ4n) is 10.1. The second-order valence-corrected chi connectivity index (χ2v) is 16.7. The summed E-state index contributed by atoms with van der Waals surface area (Å²) in [6.07, 6.45) is 0. The van der Waals surface area contributed by atoms with E-state index in [-0.39, 0.29) is 0 Å². The highest BCUT2D eigenvalue weighted by Crippen LogP contribution is 2.40. The van der Waals surface area contributed by atoms with Gasteiger partial charge in [-0.25, -0.2) is 19.9 Å². The molecule has 6 heterocycles. The van der Waals surface area contributed by atoms with Gasteiger partial charge in [0.15, 0.2) is 0 Å². The maximum Gasteiger partial charge on any atom is 0.147 e. The monoisotopic (exact) mass is 788 g/mol. The number of nitrogens with zero attached hydrogens (tertiary/aromatic N) is 6. The summed E-state index contributed by atoms with van der Waals surface area (Å²) >= 11 is 0. The van der Waals surface area contributed by atoms with Crippen LogP contribution < -0.4 is 4.74 Å². The Kier molecular flexibility index (Phi) is 7.49. The largest absolute Gasteiger partial charge is 0.457 e. The number of ether oxygens (including phenoxy) is 1. The van der Waals surface area contributed by atoms with Crippen LogP contribution in [0.1, 0.15) is 33.4 Å². The maximum atomic E-state index is 6.79. The number of hydrogen-bond donors (Lipinski definition) is 0. The van der Waals surface area contributed by atoms with E-state index in [1.807, 2.05) is 24.3 Å². The third-order valence-corrected chi connectivity index (χ3v) is 12.4. The molecule has 6 aromatic heterocycles. The third kappa shape index (κ3) is 5.30. The minimum Gasteiger partial charge on any atom is -0.457 e. The van der Waals surface area contributed by atoms with Crippen molar-refractivity contribution >= 4 is 77.0 Å². The van der Waals surface area contributed by atoms with Crippen molar-refractivity contribution < 1.29 is 4.74 Å². The van der Waals surface area contributed by atoms with Crippen LogP contribution in [-0.4, -0.2) is 28.7 Å². The smallest absolute Gasteiger partial charge is 0.147 e. The summed E-state index contributed by atoms with van der Waals surface area (Å²) in [4.78, 5) is 21.2. The van der Waals surface area contributed by atoms with E-state index in [1.165, 1.54) is 44.5 Å². The molecule has 0 bridgehead atoms. The van der Waals surface area contributed by atoms with Crippen molar-refractivity contribution in [3.05, 3.63) is 167 Å². The van der Waals surface area contributed by atoms with Gasteiger partial charge in [0, 0.05) is 32.7 Å². The van der Waals surface area contributed by atoms with E-state index in [0.717, 1.165) is 99.9 Å². The zero-order valence-corrected chi connectivity index (χ0v) is 34.8. The van der Waals surface area contributed by atoms with Gasteiger partial charge in [0.05, 0.1) is 33.5 Å². The van der Waals surface area contributed by atoms with Gasteiger partial charge in [-0.2, -0.15) is 0 Å². The van der Waals surface area contributed by atoms with Crippen molar-refractivity contribution in [2.24, 2.45) is 0 Å². The molecule has 0 atom stereocenters. The first-order valence-corrected chi connectivity index (χ1v) is 20.8. The first-order chi connectivity index (χ1) is 29.7. The van der Waals surface area contributed by atoms with Crippen LogP contribution in [0, 0.1) is 41.5 Å². The number of hydrogen-bond acceptors (Lipinski definition) is 5. The number of pyridine rings is 4. The second-order valence-electron chi connectivity index (χ2n) is 16.7. The molecule has 0 saturated carbocycles. The molecular formula is C54H40N6O. The average molecular weight is 789 g/mol. The lowest BCUT2D eigenvalue weighted by molar-refractivity contribution is 0.484. The Bertz CT molecular complexity index is 3580. The van der Waals surface area contributed by atoms with E-state index in [0.29, 0.717) is 0 Å². The van der Waals surface area contributed by atoms with Gasteiger partial charge in [-0.15, -0.1) is 0 Å². The van der Waals surface area contributed by atoms with Gasteiger partial charge >= 0.3 is 0 Å². The first kappa shape index (κ1) is 35.3. The minimum absolute atomic E-state index is 0.719. The van der Waals surface area contributed by atoms with Crippen molar-refractivity contribution in [1.82, 2.24) is 28.7 Å². The molecule has 0 unspecified atom stereocenters. The van der Waals surface area contributed by atoms with Gasteiger partial charge in [0.25, 0.3) is 0 Å². The minimum atomic E-state index is 0.719. The fourth-order valence-corrected chi connectivity index (χ4v) is 10.1. The quantitative estimate of drug-likeness (QED) is 0.166. The molecule has 0 N–H and O–H groups in total. The number of aromatic nitrogens is 6. The summed E-state index contributed by atoms with van der Waals surface area (Å²) in [7, 11) is 0. The Morgan fingerprint density at radius 1 is 0.361 bits per heavy atom. The molecule has 6 aromatic carbocycles. The summed E-state index contributed by atoms with van der Waals surface area (Å²) in [5.74, 6) is 1.44. The fraction of sp³-hybridized carbons (Fsp3) is 0.111. The summed E-state index contributed by atoms with van der Waals surface area (Å²) in [5, 5.41) is 6.24. The van der Waals surface area contributed by atoms with Crippen molar-refractivity contribution in [3.63, 3.8) is 0 Å². The summed E-state index contributed by atoms with van der Waals surface area (Å²) in [5.41, 5.74) is 18.9. The molecule has 0 saturated heterocycles. The molecule has 12 rings (SSSR count). The Morgan fingerprint density at radius 2 is 0.738 bits per heavy atom. The Hall–Kier alpha value is -7.64. The van der Waals surface area contributed by atoms with E-state index in [2.05, 4.69) is 160 Å². The molecule has 7 heteroatoms. The number of imidazole rings is 2. The van der Waals surface area contributed by atoms with Crippen molar-refractivity contribution in [2.45, 2.75) is 41.5 Å². The standard InChI is InChI=1S/C54H40N6O/c1-29-23-31(3)49(32(4)24-29)45-21-19-39-37-17-15-35(27-41(37)53-55-43-11-7-9-13-47(43)59(53)51(39)57-45)61-36-16-18-38-40-20-22-46(50-33(5)25-30(2)26-34(50)6)58-52(40)60-48-14-10-8-12-44(48)56-54(60)42(38)28-36/h7-28H,1-6H3. The van der Waals surface area contributed by atoms with E-state index < -0.39 is 0 Å². The molecule has 7 nitrogen and oxygen atoms in total. The molecule has 0 aliphatic carbocycles. The van der Waals surface area contributed by atoms with Crippen LogP contribution in [-0.2, 0) is 0 Å². The van der Waals surface area contributed by atoms with Gasteiger partial charge in [0.1, 0.15) is 34.1 Å². The molecule has 0 aliphatic heterocycles. The predicted octanol–water partition coefficient (Wildman–Crippen LogP) is 13.7. The number of aryl methyl sites for hydroxylation is 6. The lowest BCUT2D eigenvalue weighted by Crippen LogP contribution is -1.99. The highest BCUT2D eigenvalue weighted by Gasteiger charge is 2.20. The van der Waals surface area contributed by atoms with E-state index in [9.17, 15) is 0 Å². The number of benzene rings is 6. The summed E-state index contributed by atoms with van der Waals surface area (Å²) in [6.45, 7) is 13.0. The van der Waals surface area contributed by atoms with Gasteiger partial charge in [-0.3, -0.25) is 8.80 Å². The van der Waals surface area contributed by atoms with Crippen LogP contribution in [0.3, 0.4) is 0 Å². The SMILES string of the molecule is Cc1cc(C)c(-c2ccc3c4ccc(Oc5ccc6c7ccc(-c8c(C)cc(C)cc8C)nc7n7c8ccccc8nc7c6c5)cc4c4nc5ccccc5n4c3n2)c(C)c1. The van der Waals surface area contributed by atoms with Gasteiger partial charge in [-0.05, 0) is 159 Å². The van der Waals surface area contributed by atoms with E-state index in [1.54, 1.807) is 0 Å². The van der Waals surface area contributed by atoms with Crippen molar-refractivity contribution in [3.8, 4) is 34.0 Å². The molecule has 0 radical (unpaired) electrons. The van der Waals surface area contributed by atoms with Crippen molar-refractivity contribution in [1.29, 1.82) is 0 Å². The zero-order valence-electron chi connectivity index (χ0n) is 34.8. The zero-order chi connectivity index (χ0) is 41.3. The van der Waals surface area contributed by atoms with Crippen molar-refractivity contribution in [2.75, 3.05) is 0 Å². The van der Waals surface area contributed by atoms with Crippen LogP contribution in [0.5, 0.6) is 11.5 Å².